The summed E-state index contributed by atoms with van der Waals surface area (Å²) in [5.41, 5.74) is 1.66. The molecule has 2 rings (SSSR count). The molecule has 1 fully saturated rings. The van der Waals surface area contributed by atoms with E-state index in [-0.39, 0.29) is 11.9 Å². The molecule has 1 aliphatic rings. The van der Waals surface area contributed by atoms with Crippen molar-refractivity contribution >= 4 is 35.4 Å². The predicted molar refractivity (Wildman–Crippen MR) is 100 cm³/mol. The van der Waals surface area contributed by atoms with Gasteiger partial charge in [-0.3, -0.25) is 4.79 Å². The van der Waals surface area contributed by atoms with Gasteiger partial charge in [-0.2, -0.15) is 0 Å². The van der Waals surface area contributed by atoms with E-state index in [2.05, 4.69) is 5.32 Å². The molecule has 1 aromatic carbocycles. The summed E-state index contributed by atoms with van der Waals surface area (Å²) in [6, 6.07) is 7.40. The molecule has 1 saturated carbocycles. The van der Waals surface area contributed by atoms with Crippen LogP contribution in [-0.4, -0.2) is 29.5 Å². The number of rotatable bonds is 7. The average Bonchev–Trinajstić information content (AvgIpc) is 2.60. The summed E-state index contributed by atoms with van der Waals surface area (Å²) in [5.74, 6) is 0.199. The second kappa shape index (κ2) is 10.2. The second-order valence-corrected chi connectivity index (χ2v) is 7.12. The molecule has 0 aromatic heterocycles. The van der Waals surface area contributed by atoms with Crippen LogP contribution in [-0.2, 0) is 14.3 Å². The summed E-state index contributed by atoms with van der Waals surface area (Å²) in [6.07, 6.45) is 9.49. The van der Waals surface area contributed by atoms with E-state index >= 15 is 0 Å². The lowest BCUT2D eigenvalue weighted by atomic mass is 10.0. The number of amides is 1. The highest BCUT2D eigenvalue weighted by Gasteiger charge is 2.15. The fourth-order valence-corrected chi connectivity index (χ4v) is 3.78. The van der Waals surface area contributed by atoms with Crippen molar-refractivity contribution in [1.82, 2.24) is 0 Å². The number of hydrogen-bond donors (Lipinski definition) is 1. The van der Waals surface area contributed by atoms with Gasteiger partial charge < -0.3 is 10.1 Å². The molecule has 1 amide bonds. The van der Waals surface area contributed by atoms with Crippen molar-refractivity contribution in [3.63, 3.8) is 0 Å². The van der Waals surface area contributed by atoms with Crippen LogP contribution < -0.4 is 5.32 Å². The van der Waals surface area contributed by atoms with Gasteiger partial charge in [0.2, 0.25) is 5.91 Å². The normalized spacial score (nSPS) is 15.4. The lowest BCUT2D eigenvalue weighted by molar-refractivity contribution is -0.137. The number of benzene rings is 1. The highest BCUT2D eigenvalue weighted by Crippen LogP contribution is 2.28. The van der Waals surface area contributed by atoms with Gasteiger partial charge in [0.1, 0.15) is 0 Å². The smallest absolute Gasteiger partial charge is 0.330 e. The monoisotopic (exact) mass is 347 g/mol. The maximum Gasteiger partial charge on any atom is 0.330 e. The van der Waals surface area contributed by atoms with Gasteiger partial charge in [0.15, 0.2) is 0 Å². The van der Waals surface area contributed by atoms with E-state index in [9.17, 15) is 9.59 Å². The first kappa shape index (κ1) is 18.6. The van der Waals surface area contributed by atoms with Gasteiger partial charge in [-0.05, 0) is 43.5 Å². The van der Waals surface area contributed by atoms with Crippen molar-refractivity contribution in [3.05, 3.63) is 35.9 Å². The molecule has 1 aliphatic carbocycles. The number of carbonyl (C=O) groups excluding carboxylic acids is 2. The molecular formula is C19H25NO3S. The number of anilines is 1. The SMILES string of the molecule is CCOC(=O)/C=C/c1ccc(NC(=O)CSC2CCCCC2)cc1. The van der Waals surface area contributed by atoms with Crippen LogP contribution in [0.1, 0.15) is 44.6 Å². The topological polar surface area (TPSA) is 55.4 Å². The Morgan fingerprint density at radius 2 is 1.92 bits per heavy atom. The number of nitrogens with one attached hydrogen (secondary N) is 1. The summed E-state index contributed by atoms with van der Waals surface area (Å²) in [6.45, 7) is 2.14. The van der Waals surface area contributed by atoms with Crippen molar-refractivity contribution in [2.24, 2.45) is 0 Å². The molecular weight excluding hydrogens is 322 g/mol. The summed E-state index contributed by atoms with van der Waals surface area (Å²) in [4.78, 5) is 23.3. The minimum absolute atomic E-state index is 0.0420. The zero-order valence-electron chi connectivity index (χ0n) is 14.1. The lowest BCUT2D eigenvalue weighted by Crippen LogP contribution is -2.17. The number of ether oxygens (including phenoxy) is 1. The summed E-state index contributed by atoms with van der Waals surface area (Å²) in [7, 11) is 0. The molecule has 0 heterocycles. The van der Waals surface area contributed by atoms with Crippen molar-refractivity contribution in [2.45, 2.75) is 44.3 Å². The van der Waals surface area contributed by atoms with Crippen molar-refractivity contribution in [2.75, 3.05) is 17.7 Å². The summed E-state index contributed by atoms with van der Waals surface area (Å²) >= 11 is 1.77. The number of carbonyl (C=O) groups is 2. The molecule has 24 heavy (non-hydrogen) atoms. The minimum Gasteiger partial charge on any atom is -0.463 e. The van der Waals surface area contributed by atoms with Gasteiger partial charge in [-0.15, -0.1) is 11.8 Å². The quantitative estimate of drug-likeness (QED) is 0.591. The molecule has 0 bridgehead atoms. The molecule has 1 N–H and O–H groups in total. The van der Waals surface area contributed by atoms with Crippen LogP contribution in [0.25, 0.3) is 6.08 Å². The van der Waals surface area contributed by atoms with Crippen LogP contribution in [0, 0.1) is 0 Å². The third-order valence-electron chi connectivity index (χ3n) is 3.90. The Labute approximate surface area is 148 Å². The Hall–Kier alpha value is -1.75. The van der Waals surface area contributed by atoms with Crippen LogP contribution in [0.3, 0.4) is 0 Å². The van der Waals surface area contributed by atoms with Gasteiger partial charge in [0.25, 0.3) is 0 Å². The van der Waals surface area contributed by atoms with Crippen LogP contribution in [0.2, 0.25) is 0 Å². The van der Waals surface area contributed by atoms with E-state index in [0.717, 1.165) is 11.3 Å². The minimum atomic E-state index is -0.352. The van der Waals surface area contributed by atoms with E-state index in [4.69, 9.17) is 4.74 Å². The van der Waals surface area contributed by atoms with Crippen molar-refractivity contribution in [3.8, 4) is 0 Å². The first-order valence-electron chi connectivity index (χ1n) is 8.53. The van der Waals surface area contributed by atoms with E-state index in [0.29, 0.717) is 17.6 Å². The van der Waals surface area contributed by atoms with E-state index < -0.39 is 0 Å². The molecule has 130 valence electrons. The molecule has 4 nitrogen and oxygen atoms in total. The second-order valence-electron chi connectivity index (χ2n) is 5.83. The van der Waals surface area contributed by atoms with Gasteiger partial charge in [-0.1, -0.05) is 31.4 Å². The summed E-state index contributed by atoms with van der Waals surface area (Å²) in [5, 5.41) is 3.56. The molecule has 0 spiro atoms. The average molecular weight is 347 g/mol. The van der Waals surface area contributed by atoms with E-state index in [1.54, 1.807) is 24.8 Å². The molecule has 5 heteroatoms. The van der Waals surface area contributed by atoms with Gasteiger partial charge in [-0.25, -0.2) is 4.79 Å². The Bertz CT molecular complexity index is 562. The highest BCUT2D eigenvalue weighted by atomic mass is 32.2. The third kappa shape index (κ3) is 6.79. The Morgan fingerprint density at radius 1 is 1.21 bits per heavy atom. The van der Waals surface area contributed by atoms with Gasteiger partial charge in [0, 0.05) is 17.0 Å². The molecule has 0 aliphatic heterocycles. The maximum atomic E-state index is 12.0. The van der Waals surface area contributed by atoms with Crippen molar-refractivity contribution in [1.29, 1.82) is 0 Å². The first-order valence-corrected chi connectivity index (χ1v) is 9.58. The fraction of sp³-hybridized carbons (Fsp3) is 0.474. The highest BCUT2D eigenvalue weighted by molar-refractivity contribution is 8.00. The summed E-state index contributed by atoms with van der Waals surface area (Å²) < 4.78 is 4.83. The predicted octanol–water partition coefficient (Wildman–Crippen LogP) is 4.27. The zero-order valence-corrected chi connectivity index (χ0v) is 14.9. The zero-order chi connectivity index (χ0) is 17.2. The fourth-order valence-electron chi connectivity index (χ4n) is 2.65. The Kier molecular flexibility index (Phi) is 7.89. The van der Waals surface area contributed by atoms with Crippen LogP contribution in [0.15, 0.2) is 30.3 Å². The largest absolute Gasteiger partial charge is 0.463 e. The van der Waals surface area contributed by atoms with Crippen molar-refractivity contribution < 1.29 is 14.3 Å². The maximum absolute atomic E-state index is 12.0. The molecule has 0 unspecified atom stereocenters. The van der Waals surface area contributed by atoms with Crippen LogP contribution in [0.5, 0.6) is 0 Å². The number of hydrogen-bond acceptors (Lipinski definition) is 4. The van der Waals surface area contributed by atoms with E-state index in [1.165, 1.54) is 38.2 Å². The Balaban J connectivity index is 1.76. The molecule has 0 saturated heterocycles. The molecule has 0 atom stereocenters. The first-order chi connectivity index (χ1) is 11.7. The van der Waals surface area contributed by atoms with Gasteiger partial charge in [0.05, 0.1) is 12.4 Å². The lowest BCUT2D eigenvalue weighted by Gasteiger charge is -2.20. The number of esters is 1. The van der Waals surface area contributed by atoms with Crippen LogP contribution >= 0.6 is 11.8 Å². The Morgan fingerprint density at radius 3 is 2.58 bits per heavy atom. The van der Waals surface area contributed by atoms with E-state index in [1.807, 2.05) is 24.3 Å². The molecule has 1 aromatic rings. The van der Waals surface area contributed by atoms with Gasteiger partial charge >= 0.3 is 5.97 Å². The van der Waals surface area contributed by atoms with Crippen LogP contribution in [0.4, 0.5) is 5.69 Å². The number of thioether (sulfide) groups is 1. The third-order valence-corrected chi connectivity index (χ3v) is 5.27. The standard InChI is InChI=1S/C19H25NO3S/c1-2-23-19(22)13-10-15-8-11-16(12-9-15)20-18(21)14-24-17-6-4-3-5-7-17/h8-13,17H,2-7,14H2,1H3,(H,20,21)/b13-10+. The molecule has 0 radical (unpaired) electrons.